The Hall–Kier alpha value is -2.24. The summed E-state index contributed by atoms with van der Waals surface area (Å²) < 4.78 is 5.67. The number of guanidine groups is 1. The van der Waals surface area contributed by atoms with Gasteiger partial charge in [0.15, 0.2) is 5.96 Å². The number of nitrogens with one attached hydrogen (secondary N) is 2. The van der Waals surface area contributed by atoms with Gasteiger partial charge >= 0.3 is 0 Å². The second kappa shape index (κ2) is 9.71. The molecule has 1 amide bonds. The van der Waals surface area contributed by atoms with Crippen LogP contribution in [0.3, 0.4) is 0 Å². The lowest BCUT2D eigenvalue weighted by atomic mass is 10.1. The highest BCUT2D eigenvalue weighted by molar-refractivity contribution is 5.86. The number of carbonyl (C=O) groups excluding carboxylic acids is 1. The lowest BCUT2D eigenvalue weighted by molar-refractivity contribution is -0.127. The zero-order chi connectivity index (χ0) is 17.2. The van der Waals surface area contributed by atoms with Crippen molar-refractivity contribution in [3.8, 4) is 5.75 Å². The normalized spacial score (nSPS) is 11.1. The smallest absolute Gasteiger partial charge is 0.241 e. The fraction of sp³-hybridized carbons (Fsp3) is 0.529. The van der Waals surface area contributed by atoms with Crippen molar-refractivity contribution < 1.29 is 9.53 Å². The largest absolute Gasteiger partial charge is 0.494 e. The molecule has 0 unspecified atom stereocenters. The molecule has 1 rings (SSSR count). The summed E-state index contributed by atoms with van der Waals surface area (Å²) in [5.41, 5.74) is 2.18. The molecule has 0 saturated carbocycles. The number of hydrogen-bond acceptors (Lipinski definition) is 3. The standard InChI is InChI=1S/C17H28N4O2/c1-6-18-17(20-12-16(22)21(4)5)19-11-14-9-8-13(3)10-15(14)23-7-2/h8-10H,6-7,11-12H2,1-5H3,(H2,18,19,20). The van der Waals surface area contributed by atoms with Crippen LogP contribution in [0, 0.1) is 6.92 Å². The third-order valence-electron chi connectivity index (χ3n) is 3.18. The highest BCUT2D eigenvalue weighted by Crippen LogP contribution is 2.21. The Morgan fingerprint density at radius 2 is 2.00 bits per heavy atom. The van der Waals surface area contributed by atoms with Crippen LogP contribution < -0.4 is 15.4 Å². The van der Waals surface area contributed by atoms with Crippen molar-refractivity contribution in [3.63, 3.8) is 0 Å². The summed E-state index contributed by atoms with van der Waals surface area (Å²) in [6, 6.07) is 6.09. The number of nitrogens with zero attached hydrogens (tertiary/aromatic N) is 2. The molecule has 0 heterocycles. The van der Waals surface area contributed by atoms with Gasteiger partial charge in [-0.25, -0.2) is 4.99 Å². The first-order chi connectivity index (χ1) is 11.0. The second-order valence-corrected chi connectivity index (χ2v) is 5.38. The number of hydrogen-bond donors (Lipinski definition) is 2. The molecule has 0 radical (unpaired) electrons. The zero-order valence-corrected chi connectivity index (χ0v) is 14.8. The molecule has 0 spiro atoms. The van der Waals surface area contributed by atoms with Crippen LogP contribution in [0.25, 0.3) is 0 Å². The second-order valence-electron chi connectivity index (χ2n) is 5.38. The highest BCUT2D eigenvalue weighted by atomic mass is 16.5. The third kappa shape index (κ3) is 6.59. The monoisotopic (exact) mass is 320 g/mol. The van der Waals surface area contributed by atoms with Gasteiger partial charge < -0.3 is 20.3 Å². The Morgan fingerprint density at radius 3 is 2.61 bits per heavy atom. The molecular formula is C17H28N4O2. The average Bonchev–Trinajstić information content (AvgIpc) is 2.51. The number of carbonyl (C=O) groups is 1. The molecule has 128 valence electrons. The lowest BCUT2D eigenvalue weighted by Gasteiger charge is -2.15. The summed E-state index contributed by atoms with van der Waals surface area (Å²) >= 11 is 0. The van der Waals surface area contributed by atoms with E-state index in [9.17, 15) is 4.79 Å². The van der Waals surface area contributed by atoms with Crippen LogP contribution in [0.1, 0.15) is 25.0 Å². The minimum atomic E-state index is 0.000874. The number of ether oxygens (including phenoxy) is 1. The first kappa shape index (κ1) is 18.8. The van der Waals surface area contributed by atoms with Crippen molar-refractivity contribution >= 4 is 11.9 Å². The van der Waals surface area contributed by atoms with Gasteiger partial charge in [0, 0.05) is 26.2 Å². The van der Waals surface area contributed by atoms with E-state index in [1.807, 2.05) is 39.0 Å². The fourth-order valence-electron chi connectivity index (χ4n) is 1.91. The third-order valence-corrected chi connectivity index (χ3v) is 3.18. The van der Waals surface area contributed by atoms with Crippen molar-refractivity contribution in [2.24, 2.45) is 4.99 Å². The molecule has 6 heteroatoms. The van der Waals surface area contributed by atoms with Gasteiger partial charge in [0.2, 0.25) is 5.91 Å². The number of aryl methyl sites for hydroxylation is 1. The minimum Gasteiger partial charge on any atom is -0.494 e. The van der Waals surface area contributed by atoms with Gasteiger partial charge in [-0.15, -0.1) is 0 Å². The van der Waals surface area contributed by atoms with Gasteiger partial charge in [-0.05, 0) is 32.4 Å². The van der Waals surface area contributed by atoms with E-state index >= 15 is 0 Å². The van der Waals surface area contributed by atoms with Gasteiger partial charge in [0.05, 0.1) is 19.7 Å². The number of likely N-dealkylation sites (N-methyl/N-ethyl adjacent to an activating group) is 1. The van der Waals surface area contributed by atoms with Gasteiger partial charge in [-0.2, -0.15) is 0 Å². The van der Waals surface area contributed by atoms with Gasteiger partial charge in [-0.1, -0.05) is 12.1 Å². The maximum absolute atomic E-state index is 11.7. The van der Waals surface area contributed by atoms with Crippen molar-refractivity contribution in [1.82, 2.24) is 15.5 Å². The van der Waals surface area contributed by atoms with E-state index in [4.69, 9.17) is 4.74 Å². The molecule has 1 aromatic carbocycles. The van der Waals surface area contributed by atoms with E-state index in [0.717, 1.165) is 23.4 Å². The Morgan fingerprint density at radius 1 is 1.26 bits per heavy atom. The Balaban J connectivity index is 2.78. The fourth-order valence-corrected chi connectivity index (χ4v) is 1.91. The Kier molecular flexibility index (Phi) is 7.94. The van der Waals surface area contributed by atoms with E-state index in [-0.39, 0.29) is 12.5 Å². The molecule has 2 N–H and O–H groups in total. The van der Waals surface area contributed by atoms with Crippen LogP contribution in [0.2, 0.25) is 0 Å². The summed E-state index contributed by atoms with van der Waals surface area (Å²) in [6.45, 7) is 8.04. The Labute approximate surface area is 138 Å². The van der Waals surface area contributed by atoms with E-state index in [1.165, 1.54) is 0 Å². The van der Waals surface area contributed by atoms with Gasteiger partial charge in [-0.3, -0.25) is 4.79 Å². The highest BCUT2D eigenvalue weighted by Gasteiger charge is 2.07. The Bertz CT molecular complexity index is 541. The van der Waals surface area contributed by atoms with Gasteiger partial charge in [0.25, 0.3) is 0 Å². The predicted molar refractivity (Wildman–Crippen MR) is 93.9 cm³/mol. The number of rotatable bonds is 7. The minimum absolute atomic E-state index is 0.000874. The number of benzene rings is 1. The van der Waals surface area contributed by atoms with E-state index in [0.29, 0.717) is 19.1 Å². The molecule has 0 aliphatic rings. The summed E-state index contributed by atoms with van der Waals surface area (Å²) in [7, 11) is 3.46. The molecule has 1 aromatic rings. The topological polar surface area (TPSA) is 66.0 Å². The van der Waals surface area contributed by atoms with E-state index in [2.05, 4.69) is 15.6 Å². The molecule has 6 nitrogen and oxygen atoms in total. The van der Waals surface area contributed by atoms with Crippen molar-refractivity contribution in [3.05, 3.63) is 29.3 Å². The summed E-state index contributed by atoms with van der Waals surface area (Å²) in [5, 5.41) is 6.18. The van der Waals surface area contributed by atoms with Crippen molar-refractivity contribution in [1.29, 1.82) is 0 Å². The molecule has 0 aliphatic carbocycles. The molecule has 0 fully saturated rings. The van der Waals surface area contributed by atoms with Crippen molar-refractivity contribution in [2.45, 2.75) is 27.3 Å². The van der Waals surface area contributed by atoms with Crippen LogP contribution in [0.4, 0.5) is 0 Å². The van der Waals surface area contributed by atoms with E-state index in [1.54, 1.807) is 19.0 Å². The molecular weight excluding hydrogens is 292 g/mol. The quantitative estimate of drug-likeness (QED) is 0.591. The van der Waals surface area contributed by atoms with Crippen LogP contribution in [-0.2, 0) is 11.3 Å². The summed E-state index contributed by atoms with van der Waals surface area (Å²) in [4.78, 5) is 17.7. The number of aliphatic imine (C=N–C) groups is 1. The summed E-state index contributed by atoms with van der Waals surface area (Å²) in [5.74, 6) is 1.48. The number of amides is 1. The van der Waals surface area contributed by atoms with Gasteiger partial charge in [0.1, 0.15) is 5.75 Å². The van der Waals surface area contributed by atoms with Crippen LogP contribution in [0.15, 0.2) is 23.2 Å². The maximum Gasteiger partial charge on any atom is 0.241 e. The molecule has 0 aromatic heterocycles. The van der Waals surface area contributed by atoms with Crippen LogP contribution in [-0.4, -0.2) is 50.6 Å². The first-order valence-electron chi connectivity index (χ1n) is 7.92. The van der Waals surface area contributed by atoms with E-state index < -0.39 is 0 Å². The molecule has 0 saturated heterocycles. The maximum atomic E-state index is 11.7. The SMILES string of the molecule is CCNC(=NCc1ccc(C)cc1OCC)NCC(=O)N(C)C. The summed E-state index contributed by atoms with van der Waals surface area (Å²) in [6.07, 6.45) is 0. The zero-order valence-electron chi connectivity index (χ0n) is 14.8. The molecule has 0 aliphatic heterocycles. The average molecular weight is 320 g/mol. The molecule has 23 heavy (non-hydrogen) atoms. The molecule has 0 atom stereocenters. The predicted octanol–water partition coefficient (Wildman–Crippen LogP) is 1.54. The van der Waals surface area contributed by atoms with Crippen LogP contribution in [0.5, 0.6) is 5.75 Å². The van der Waals surface area contributed by atoms with Crippen LogP contribution >= 0.6 is 0 Å². The first-order valence-corrected chi connectivity index (χ1v) is 7.92. The molecule has 0 bridgehead atoms. The lowest BCUT2D eigenvalue weighted by Crippen LogP contribution is -2.42. The van der Waals surface area contributed by atoms with Crippen molar-refractivity contribution in [2.75, 3.05) is 33.8 Å².